The average Bonchev–Trinajstić information content (AvgIpc) is 3.68. The normalized spacial score (nSPS) is 18.6. The zero-order valence-electron chi connectivity index (χ0n) is 32.6. The zero-order chi connectivity index (χ0) is 40.1. The number of anilines is 2. The van der Waals surface area contributed by atoms with E-state index in [1.807, 2.05) is 50.2 Å². The number of ether oxygens (including phenoxy) is 2. The standard InChI is InChI=1S/C44H49ClIN7O4/c1-5-39(54)53-23-22-52(26-34(53)25-47-4)41-35-17-20-51(38-16-8-12-31-11-7-15-36(45)40(31)38)27-37(35)48-43(49-41)57-29-33-14-9-19-50(33)21-18-44(2,3)42(55)56-28-30-10-6-13-32(46)24-30/h5-8,10-13,15-16,24,33-34H,1,9,14,17-23,25-29H2,2-3H3/t33-,34-/m0/s1/i46+4. The number of hydrogen-bond donors (Lipinski definition) is 0. The molecule has 0 N–H and O–H groups in total. The molecule has 11 nitrogen and oxygen atoms in total. The maximum Gasteiger partial charge on any atom is 0.318 e. The molecule has 0 saturated carbocycles. The third kappa shape index (κ3) is 9.32. The molecule has 3 aliphatic heterocycles. The molecule has 1 amide bonds. The maximum atomic E-state index is 13.2. The quantitative estimate of drug-likeness (QED) is 0.0583. The van der Waals surface area contributed by atoms with Gasteiger partial charge in [-0.2, -0.15) is 9.97 Å². The molecule has 2 atom stereocenters. The molecule has 0 radical (unpaired) electrons. The highest BCUT2D eigenvalue weighted by molar-refractivity contribution is 14.1. The van der Waals surface area contributed by atoms with Crippen molar-refractivity contribution in [2.75, 3.05) is 62.2 Å². The van der Waals surface area contributed by atoms with Gasteiger partial charge in [0, 0.05) is 52.4 Å². The lowest BCUT2D eigenvalue weighted by Gasteiger charge is -2.41. The molecule has 0 bridgehead atoms. The number of likely N-dealkylation sites (tertiary alicyclic amines) is 1. The minimum atomic E-state index is -0.641. The van der Waals surface area contributed by atoms with Crippen molar-refractivity contribution in [2.24, 2.45) is 5.41 Å². The highest BCUT2D eigenvalue weighted by Gasteiger charge is 2.36. The fourth-order valence-electron chi connectivity index (χ4n) is 8.22. The van der Waals surface area contributed by atoms with Gasteiger partial charge in [-0.3, -0.25) is 14.5 Å². The van der Waals surface area contributed by atoms with Crippen molar-refractivity contribution in [3.05, 3.63) is 110 Å². The Bertz CT molecular complexity index is 2170. The first kappa shape index (κ1) is 40.7. The molecule has 1 aromatic heterocycles. The number of fused-ring (bicyclic) bond motifs is 2. The van der Waals surface area contributed by atoms with E-state index in [9.17, 15) is 9.59 Å². The molecule has 298 valence electrons. The van der Waals surface area contributed by atoms with Crippen molar-refractivity contribution in [2.45, 2.75) is 64.8 Å². The number of carbonyl (C=O) groups is 2. The summed E-state index contributed by atoms with van der Waals surface area (Å²) in [4.78, 5) is 48.4. The van der Waals surface area contributed by atoms with Crippen molar-refractivity contribution >= 4 is 68.3 Å². The Labute approximate surface area is 353 Å². The highest BCUT2D eigenvalue weighted by atomic mass is 131. The first-order chi connectivity index (χ1) is 27.5. The minimum Gasteiger partial charge on any atom is -0.462 e. The van der Waals surface area contributed by atoms with E-state index in [-0.39, 0.29) is 37.1 Å². The van der Waals surface area contributed by atoms with E-state index in [0.717, 1.165) is 75.1 Å². The van der Waals surface area contributed by atoms with Gasteiger partial charge < -0.3 is 29.0 Å². The van der Waals surface area contributed by atoms with Crippen molar-refractivity contribution in [3.63, 3.8) is 0 Å². The summed E-state index contributed by atoms with van der Waals surface area (Å²) in [6.07, 6.45) is 4.71. The van der Waals surface area contributed by atoms with Crippen LogP contribution in [0.2, 0.25) is 5.02 Å². The molecule has 0 spiro atoms. The molecule has 57 heavy (non-hydrogen) atoms. The van der Waals surface area contributed by atoms with Crippen molar-refractivity contribution < 1.29 is 19.1 Å². The number of nitrogens with zero attached hydrogens (tertiary/aromatic N) is 7. The number of amides is 1. The van der Waals surface area contributed by atoms with Crippen LogP contribution in [0, 0.1) is 15.6 Å². The number of halogens is 2. The van der Waals surface area contributed by atoms with Crippen molar-refractivity contribution in [3.8, 4) is 6.01 Å². The van der Waals surface area contributed by atoms with Gasteiger partial charge in [-0.25, -0.2) is 6.57 Å². The summed E-state index contributed by atoms with van der Waals surface area (Å²) in [5.41, 5.74) is 3.36. The third-order valence-electron chi connectivity index (χ3n) is 11.5. The fraction of sp³-hybridized carbons (Fsp3) is 0.432. The fourth-order valence-corrected chi connectivity index (χ4v) is 9.11. The molecule has 4 heterocycles. The molecule has 0 aliphatic carbocycles. The topological polar surface area (TPSA) is 95.7 Å². The monoisotopic (exact) mass is 905 g/mol. The second-order valence-electron chi connectivity index (χ2n) is 15.7. The first-order valence-corrected chi connectivity index (χ1v) is 21.1. The smallest absolute Gasteiger partial charge is 0.318 e. The Kier molecular flexibility index (Phi) is 12.9. The van der Waals surface area contributed by atoms with E-state index in [1.54, 1.807) is 4.90 Å². The number of rotatable bonds is 13. The van der Waals surface area contributed by atoms with Gasteiger partial charge in [-0.1, -0.05) is 54.6 Å². The summed E-state index contributed by atoms with van der Waals surface area (Å²) in [5, 5.41) is 2.81. The van der Waals surface area contributed by atoms with Crippen LogP contribution in [0.1, 0.15) is 49.9 Å². The molecule has 7 rings (SSSR count). The van der Waals surface area contributed by atoms with E-state index in [1.165, 1.54) is 6.08 Å². The SMILES string of the molecule is [C-]#[N+]C[C@H]1CN(c2nc(OC[C@@H]3CCCN3CCC(C)(C)C(=O)OCc3cccc([131I])c3)nc3c2CCN(c2cccc4cccc(Cl)c24)C3)CCN1C(=O)C=C. The number of hydrogen-bond acceptors (Lipinski definition) is 9. The summed E-state index contributed by atoms with van der Waals surface area (Å²) in [6.45, 7) is 20.6. The van der Waals surface area contributed by atoms with Crippen LogP contribution < -0.4 is 14.5 Å². The van der Waals surface area contributed by atoms with Crippen molar-refractivity contribution in [1.82, 2.24) is 19.8 Å². The molecular weight excluding hydrogens is 857 g/mol. The summed E-state index contributed by atoms with van der Waals surface area (Å²) in [5.74, 6) is 0.446. The average molecular weight is 906 g/mol. The Morgan fingerprint density at radius 1 is 1.05 bits per heavy atom. The van der Waals surface area contributed by atoms with Crippen LogP contribution in [-0.2, 0) is 33.9 Å². The Hall–Kier alpha value is -4.45. The van der Waals surface area contributed by atoms with Crippen LogP contribution in [0.5, 0.6) is 6.01 Å². The van der Waals surface area contributed by atoms with Crippen LogP contribution in [-0.4, -0.2) is 96.1 Å². The predicted molar refractivity (Wildman–Crippen MR) is 233 cm³/mol. The van der Waals surface area contributed by atoms with E-state index >= 15 is 0 Å². The van der Waals surface area contributed by atoms with E-state index in [2.05, 4.69) is 73.0 Å². The van der Waals surface area contributed by atoms with Gasteiger partial charge in [0.15, 0.2) is 0 Å². The van der Waals surface area contributed by atoms with Crippen LogP contribution in [0.3, 0.4) is 0 Å². The number of carbonyl (C=O) groups excluding carboxylic acids is 2. The molecule has 2 fully saturated rings. The number of aromatic nitrogens is 2. The van der Waals surface area contributed by atoms with Gasteiger partial charge in [-0.15, -0.1) is 0 Å². The molecular formula is C44H49ClIN7O4. The molecule has 4 aromatic rings. The summed E-state index contributed by atoms with van der Waals surface area (Å²) < 4.78 is 13.4. The first-order valence-electron chi connectivity index (χ1n) is 19.7. The van der Waals surface area contributed by atoms with Gasteiger partial charge in [0.1, 0.15) is 25.1 Å². The Morgan fingerprint density at radius 3 is 2.65 bits per heavy atom. The highest BCUT2D eigenvalue weighted by Crippen LogP contribution is 2.37. The van der Waals surface area contributed by atoms with Crippen LogP contribution >= 0.6 is 34.2 Å². The van der Waals surface area contributed by atoms with Gasteiger partial charge in [0.25, 0.3) is 0 Å². The van der Waals surface area contributed by atoms with Gasteiger partial charge in [-0.05, 0) is 117 Å². The summed E-state index contributed by atoms with van der Waals surface area (Å²) in [7, 11) is 0. The van der Waals surface area contributed by atoms with Crippen LogP contribution in [0.25, 0.3) is 15.6 Å². The number of esters is 1. The lowest BCUT2D eigenvalue weighted by atomic mass is 9.89. The van der Waals surface area contributed by atoms with E-state index in [4.69, 9.17) is 37.6 Å². The molecule has 0 unspecified atom stereocenters. The zero-order valence-corrected chi connectivity index (χ0v) is 35.5. The van der Waals surface area contributed by atoms with Crippen LogP contribution in [0.15, 0.2) is 73.3 Å². The summed E-state index contributed by atoms with van der Waals surface area (Å²) in [6, 6.07) is 20.4. The van der Waals surface area contributed by atoms with Crippen molar-refractivity contribution in [1.29, 1.82) is 0 Å². The van der Waals surface area contributed by atoms with Gasteiger partial charge in [0.05, 0.1) is 22.7 Å². The second-order valence-corrected chi connectivity index (χ2v) is 17.4. The number of benzene rings is 3. The molecule has 3 aliphatic rings. The molecule has 2 saturated heterocycles. The Morgan fingerprint density at radius 2 is 1.86 bits per heavy atom. The van der Waals surface area contributed by atoms with Crippen LogP contribution in [0.4, 0.5) is 11.5 Å². The lowest BCUT2D eigenvalue weighted by molar-refractivity contribution is -0.156. The second kappa shape index (κ2) is 18.0. The maximum absolute atomic E-state index is 13.2. The largest absolute Gasteiger partial charge is 0.462 e. The minimum absolute atomic E-state index is 0.150. The lowest BCUT2D eigenvalue weighted by Crippen LogP contribution is -2.56. The van der Waals surface area contributed by atoms with E-state index in [0.29, 0.717) is 56.7 Å². The van der Waals surface area contributed by atoms with Gasteiger partial charge in [0.2, 0.25) is 12.5 Å². The molecule has 3 aromatic carbocycles. The predicted octanol–water partition coefficient (Wildman–Crippen LogP) is 7.58. The Balaban J connectivity index is 1.09. The van der Waals surface area contributed by atoms with Gasteiger partial charge >= 0.3 is 12.0 Å². The number of piperazine rings is 1. The van der Waals surface area contributed by atoms with E-state index < -0.39 is 5.41 Å². The third-order valence-corrected chi connectivity index (χ3v) is 12.5. The molecule has 13 heteroatoms. The summed E-state index contributed by atoms with van der Waals surface area (Å²) >= 11 is 9.04.